The highest BCUT2D eigenvalue weighted by atomic mass is 16.6. The number of fused-ring (bicyclic) bond motifs is 1. The average molecular weight is 519 g/mol. The molecule has 0 spiro atoms. The van der Waals surface area contributed by atoms with Crippen molar-refractivity contribution in [2.75, 3.05) is 26.2 Å². The maximum absolute atomic E-state index is 13.2. The summed E-state index contributed by atoms with van der Waals surface area (Å²) < 4.78 is 11.2. The van der Waals surface area contributed by atoms with E-state index in [1.807, 2.05) is 18.7 Å². The second-order valence-corrected chi connectivity index (χ2v) is 12.3. The van der Waals surface area contributed by atoms with Crippen LogP contribution in [0.1, 0.15) is 78.6 Å². The van der Waals surface area contributed by atoms with E-state index in [1.165, 1.54) is 0 Å². The summed E-state index contributed by atoms with van der Waals surface area (Å²) in [5.41, 5.74) is 0. The number of nitrogens with one attached hydrogen (secondary N) is 2. The number of nitrogens with zero attached hydrogens (tertiary/aromatic N) is 2. The van der Waals surface area contributed by atoms with Crippen molar-refractivity contribution < 1.29 is 23.9 Å². The third-order valence-corrected chi connectivity index (χ3v) is 9.33. The van der Waals surface area contributed by atoms with Gasteiger partial charge < -0.3 is 24.6 Å². The standard InChI is InChI=1S/C28H46N4O5/c1-17(2)37-28(35)31-16-18(3)32(27(34)21-8-9-21)23-11-10-22(14-24(23)31)19-4-6-20(7-5-19)26(33)30-15-25-29-12-13-36-25/h17-25,29H,4-16H2,1-3H3,(H,30,33)/t18-,19?,20?,22?,23?,24?,25?/m0/s1. The Labute approximate surface area is 221 Å². The maximum Gasteiger partial charge on any atom is 0.410 e. The minimum Gasteiger partial charge on any atom is -0.447 e. The molecule has 5 atom stereocenters. The Morgan fingerprint density at radius 1 is 0.973 bits per heavy atom. The molecular weight excluding hydrogens is 472 g/mol. The van der Waals surface area contributed by atoms with Gasteiger partial charge in [-0.05, 0) is 90.4 Å². The Kier molecular flexibility index (Phi) is 8.29. The van der Waals surface area contributed by atoms with Gasteiger partial charge >= 0.3 is 6.09 Å². The summed E-state index contributed by atoms with van der Waals surface area (Å²) in [6, 6.07) is 0.120. The smallest absolute Gasteiger partial charge is 0.410 e. The zero-order chi connectivity index (χ0) is 26.1. The number of carbonyl (C=O) groups excluding carboxylic acids is 3. The van der Waals surface area contributed by atoms with Crippen LogP contribution in [0.15, 0.2) is 0 Å². The van der Waals surface area contributed by atoms with Gasteiger partial charge in [0.25, 0.3) is 0 Å². The molecule has 0 radical (unpaired) electrons. The van der Waals surface area contributed by atoms with E-state index in [9.17, 15) is 14.4 Å². The van der Waals surface area contributed by atoms with Crippen molar-refractivity contribution in [1.29, 1.82) is 0 Å². The molecule has 3 aliphatic carbocycles. The summed E-state index contributed by atoms with van der Waals surface area (Å²) in [7, 11) is 0. The van der Waals surface area contributed by atoms with Crippen molar-refractivity contribution in [2.45, 2.75) is 109 Å². The fourth-order valence-corrected chi connectivity index (χ4v) is 7.29. The Hall–Kier alpha value is -1.87. The van der Waals surface area contributed by atoms with Gasteiger partial charge in [-0.3, -0.25) is 14.9 Å². The van der Waals surface area contributed by atoms with E-state index in [1.54, 1.807) is 0 Å². The number of piperazine rings is 1. The third kappa shape index (κ3) is 6.08. The second kappa shape index (κ2) is 11.5. The van der Waals surface area contributed by atoms with Gasteiger partial charge in [-0.1, -0.05) is 0 Å². The van der Waals surface area contributed by atoms with Crippen LogP contribution in [0.4, 0.5) is 4.79 Å². The molecule has 5 rings (SSSR count). The summed E-state index contributed by atoms with van der Waals surface area (Å²) >= 11 is 0. The van der Waals surface area contributed by atoms with Crippen molar-refractivity contribution >= 4 is 17.9 Å². The van der Waals surface area contributed by atoms with Gasteiger partial charge in [0.2, 0.25) is 11.8 Å². The van der Waals surface area contributed by atoms with E-state index >= 15 is 0 Å². The molecule has 0 bridgehead atoms. The molecule has 5 fully saturated rings. The molecule has 2 saturated heterocycles. The lowest BCUT2D eigenvalue weighted by atomic mass is 9.68. The van der Waals surface area contributed by atoms with Gasteiger partial charge in [-0.15, -0.1) is 0 Å². The molecule has 9 nitrogen and oxygen atoms in total. The van der Waals surface area contributed by atoms with Crippen LogP contribution in [-0.2, 0) is 19.1 Å². The van der Waals surface area contributed by atoms with Gasteiger partial charge in [-0.2, -0.15) is 0 Å². The molecule has 2 aliphatic heterocycles. The highest BCUT2D eigenvalue weighted by molar-refractivity contribution is 5.82. The van der Waals surface area contributed by atoms with Crippen LogP contribution < -0.4 is 10.6 Å². The number of rotatable bonds is 6. The fourth-order valence-electron chi connectivity index (χ4n) is 7.29. The number of carbonyl (C=O) groups is 3. The maximum atomic E-state index is 13.2. The summed E-state index contributed by atoms with van der Waals surface area (Å²) in [4.78, 5) is 43.2. The molecule has 2 heterocycles. The molecule has 3 amide bonds. The lowest BCUT2D eigenvalue weighted by molar-refractivity contribution is -0.146. The average Bonchev–Trinajstić information content (AvgIpc) is 3.61. The SMILES string of the molecule is CC(C)OC(=O)N1C[C@H](C)N(C(=O)C2CC2)C2CCC(C3CCC(C(=O)NCC4NCCO4)CC3)CC21. The zero-order valence-corrected chi connectivity index (χ0v) is 22.8. The van der Waals surface area contributed by atoms with E-state index in [0.717, 1.165) is 64.3 Å². The van der Waals surface area contributed by atoms with E-state index in [0.29, 0.717) is 37.4 Å². The predicted molar refractivity (Wildman–Crippen MR) is 138 cm³/mol. The molecule has 4 unspecified atom stereocenters. The molecule has 2 N–H and O–H groups in total. The number of hydrogen-bond acceptors (Lipinski definition) is 6. The first kappa shape index (κ1) is 26.7. The second-order valence-electron chi connectivity index (χ2n) is 12.3. The number of hydrogen-bond donors (Lipinski definition) is 2. The van der Waals surface area contributed by atoms with Crippen molar-refractivity contribution in [2.24, 2.45) is 23.7 Å². The zero-order valence-electron chi connectivity index (χ0n) is 22.8. The first-order valence-electron chi connectivity index (χ1n) is 14.7. The predicted octanol–water partition coefficient (Wildman–Crippen LogP) is 2.88. The van der Waals surface area contributed by atoms with Gasteiger partial charge in [0, 0.05) is 31.0 Å². The van der Waals surface area contributed by atoms with Crippen molar-refractivity contribution in [3.8, 4) is 0 Å². The van der Waals surface area contributed by atoms with Crippen molar-refractivity contribution in [3.63, 3.8) is 0 Å². The highest BCUT2D eigenvalue weighted by Crippen LogP contribution is 2.45. The highest BCUT2D eigenvalue weighted by Gasteiger charge is 2.50. The largest absolute Gasteiger partial charge is 0.447 e. The van der Waals surface area contributed by atoms with E-state index in [-0.39, 0.29) is 54.3 Å². The summed E-state index contributed by atoms with van der Waals surface area (Å²) in [5, 5.41) is 6.30. The summed E-state index contributed by atoms with van der Waals surface area (Å²) in [6.07, 6.45) is 8.43. The number of ether oxygens (including phenoxy) is 2. The van der Waals surface area contributed by atoms with Gasteiger partial charge in [0.1, 0.15) is 6.23 Å². The lowest BCUT2D eigenvalue weighted by Gasteiger charge is -2.54. The normalized spacial score (nSPS) is 36.3. The van der Waals surface area contributed by atoms with Crippen LogP contribution >= 0.6 is 0 Å². The molecule has 9 heteroatoms. The van der Waals surface area contributed by atoms with E-state index in [2.05, 4.69) is 22.5 Å². The Morgan fingerprint density at radius 3 is 2.32 bits per heavy atom. The lowest BCUT2D eigenvalue weighted by Crippen LogP contribution is -2.67. The topological polar surface area (TPSA) is 100 Å². The molecule has 0 aromatic heterocycles. The molecule has 3 saturated carbocycles. The molecule has 0 aromatic carbocycles. The van der Waals surface area contributed by atoms with Crippen LogP contribution in [0.25, 0.3) is 0 Å². The van der Waals surface area contributed by atoms with Crippen LogP contribution in [0.3, 0.4) is 0 Å². The summed E-state index contributed by atoms with van der Waals surface area (Å²) in [5.74, 6) is 1.79. The Balaban J connectivity index is 1.20. The van der Waals surface area contributed by atoms with Crippen LogP contribution in [-0.4, -0.2) is 84.4 Å². The molecule has 208 valence electrons. The first-order valence-corrected chi connectivity index (χ1v) is 14.7. The van der Waals surface area contributed by atoms with Crippen molar-refractivity contribution in [3.05, 3.63) is 0 Å². The first-order chi connectivity index (χ1) is 17.8. The van der Waals surface area contributed by atoms with Crippen LogP contribution in [0.5, 0.6) is 0 Å². The molecule has 5 aliphatic rings. The van der Waals surface area contributed by atoms with Gasteiger partial charge in [0.05, 0.1) is 31.3 Å². The van der Waals surface area contributed by atoms with Gasteiger partial charge in [-0.25, -0.2) is 4.79 Å². The molecule has 0 aromatic rings. The van der Waals surface area contributed by atoms with Crippen molar-refractivity contribution in [1.82, 2.24) is 20.4 Å². The van der Waals surface area contributed by atoms with Crippen LogP contribution in [0.2, 0.25) is 0 Å². The Morgan fingerprint density at radius 2 is 1.68 bits per heavy atom. The van der Waals surface area contributed by atoms with E-state index in [4.69, 9.17) is 9.47 Å². The molecular formula is C28H46N4O5. The summed E-state index contributed by atoms with van der Waals surface area (Å²) in [6.45, 7) is 8.48. The molecule has 37 heavy (non-hydrogen) atoms. The minimum absolute atomic E-state index is 0.0174. The quantitative estimate of drug-likeness (QED) is 0.561. The Bertz CT molecular complexity index is 834. The van der Waals surface area contributed by atoms with Gasteiger partial charge in [0.15, 0.2) is 0 Å². The number of amides is 3. The monoisotopic (exact) mass is 518 g/mol. The fraction of sp³-hybridized carbons (Fsp3) is 0.893. The van der Waals surface area contributed by atoms with Crippen LogP contribution in [0, 0.1) is 23.7 Å². The third-order valence-electron chi connectivity index (χ3n) is 9.33. The van der Waals surface area contributed by atoms with E-state index < -0.39 is 0 Å². The minimum atomic E-state index is -0.239.